The Bertz CT molecular complexity index is 1060. The third kappa shape index (κ3) is 3.98. The van der Waals surface area contributed by atoms with Gasteiger partial charge in [-0.25, -0.2) is 4.39 Å². The molecular formula is C19H11FN2O6. The zero-order valence-corrected chi connectivity index (χ0v) is 14.1. The van der Waals surface area contributed by atoms with Crippen LogP contribution in [-0.4, -0.2) is 15.6 Å². The van der Waals surface area contributed by atoms with Gasteiger partial charge in [0.15, 0.2) is 5.78 Å². The van der Waals surface area contributed by atoms with Crippen molar-refractivity contribution in [3.63, 3.8) is 0 Å². The summed E-state index contributed by atoms with van der Waals surface area (Å²) in [6.45, 7) is 0. The largest absolute Gasteiger partial charge is 0.450 e. The van der Waals surface area contributed by atoms with Crippen molar-refractivity contribution >= 4 is 17.2 Å². The number of hydrogen-bond acceptors (Lipinski definition) is 6. The van der Waals surface area contributed by atoms with Crippen molar-refractivity contribution in [3.05, 3.63) is 104 Å². The van der Waals surface area contributed by atoms with E-state index in [1.165, 1.54) is 48.5 Å². The third-order valence-corrected chi connectivity index (χ3v) is 3.80. The molecule has 140 valence electrons. The maximum atomic E-state index is 13.0. The number of halogens is 1. The van der Waals surface area contributed by atoms with Gasteiger partial charge >= 0.3 is 5.69 Å². The molecule has 0 bridgehead atoms. The fourth-order valence-electron chi connectivity index (χ4n) is 2.42. The van der Waals surface area contributed by atoms with Gasteiger partial charge in [-0.2, -0.15) is 0 Å². The van der Waals surface area contributed by atoms with E-state index < -0.39 is 27.0 Å². The monoisotopic (exact) mass is 382 g/mol. The zero-order chi connectivity index (χ0) is 20.3. The van der Waals surface area contributed by atoms with Crippen LogP contribution in [0, 0.1) is 26.0 Å². The number of ketones is 1. The number of nitro groups is 2. The number of non-ortho nitro benzene ring substituents is 1. The van der Waals surface area contributed by atoms with E-state index in [4.69, 9.17) is 4.74 Å². The van der Waals surface area contributed by atoms with Crippen molar-refractivity contribution in [2.75, 3.05) is 0 Å². The molecule has 0 aliphatic carbocycles. The van der Waals surface area contributed by atoms with Crippen LogP contribution in [0.4, 0.5) is 15.8 Å². The summed E-state index contributed by atoms with van der Waals surface area (Å²) >= 11 is 0. The summed E-state index contributed by atoms with van der Waals surface area (Å²) in [5.41, 5.74) is -0.363. The lowest BCUT2D eigenvalue weighted by Crippen LogP contribution is -2.01. The molecule has 0 aliphatic rings. The van der Waals surface area contributed by atoms with Crippen LogP contribution in [0.15, 0.2) is 66.7 Å². The number of carbonyl (C=O) groups excluding carboxylic acids is 1. The summed E-state index contributed by atoms with van der Waals surface area (Å²) < 4.78 is 18.4. The second-order valence-corrected chi connectivity index (χ2v) is 5.63. The Morgan fingerprint density at radius 3 is 1.93 bits per heavy atom. The molecule has 0 spiro atoms. The highest BCUT2D eigenvalue weighted by atomic mass is 19.1. The molecule has 3 rings (SSSR count). The number of ether oxygens (including phenoxy) is 1. The van der Waals surface area contributed by atoms with Crippen LogP contribution in [0.5, 0.6) is 11.5 Å². The minimum Gasteiger partial charge on any atom is -0.450 e. The van der Waals surface area contributed by atoms with Gasteiger partial charge < -0.3 is 4.74 Å². The molecule has 0 atom stereocenters. The van der Waals surface area contributed by atoms with Gasteiger partial charge in [0.2, 0.25) is 5.75 Å². The topological polar surface area (TPSA) is 113 Å². The minimum atomic E-state index is -0.783. The van der Waals surface area contributed by atoms with Crippen LogP contribution in [0.25, 0.3) is 0 Å². The van der Waals surface area contributed by atoms with E-state index in [0.717, 1.165) is 18.2 Å². The van der Waals surface area contributed by atoms with Gasteiger partial charge in [0.25, 0.3) is 5.69 Å². The number of rotatable bonds is 6. The first-order valence-corrected chi connectivity index (χ1v) is 7.86. The first kappa shape index (κ1) is 18.6. The molecule has 0 amide bonds. The molecule has 0 N–H and O–H groups in total. The molecule has 0 saturated heterocycles. The molecule has 0 saturated carbocycles. The predicted molar refractivity (Wildman–Crippen MR) is 96.1 cm³/mol. The highest BCUT2D eigenvalue weighted by Gasteiger charge is 2.21. The second kappa shape index (κ2) is 7.62. The fraction of sp³-hybridized carbons (Fsp3) is 0. The Morgan fingerprint density at radius 2 is 1.39 bits per heavy atom. The van der Waals surface area contributed by atoms with Crippen molar-refractivity contribution in [1.29, 1.82) is 0 Å². The lowest BCUT2D eigenvalue weighted by Gasteiger charge is -2.07. The van der Waals surface area contributed by atoms with Crippen LogP contribution in [0.3, 0.4) is 0 Å². The lowest BCUT2D eigenvalue weighted by molar-refractivity contribution is -0.394. The number of hydrogen-bond donors (Lipinski definition) is 0. The third-order valence-electron chi connectivity index (χ3n) is 3.80. The Labute approximate surface area is 157 Å². The molecule has 9 heteroatoms. The van der Waals surface area contributed by atoms with E-state index in [9.17, 15) is 29.4 Å². The van der Waals surface area contributed by atoms with Crippen molar-refractivity contribution in [2.24, 2.45) is 0 Å². The van der Waals surface area contributed by atoms with Gasteiger partial charge in [0.05, 0.1) is 15.9 Å². The van der Waals surface area contributed by atoms with Gasteiger partial charge in [-0.05, 0) is 54.6 Å². The molecule has 0 radical (unpaired) electrons. The van der Waals surface area contributed by atoms with E-state index in [-0.39, 0.29) is 17.3 Å². The number of nitro benzene ring substituents is 2. The number of benzene rings is 3. The summed E-state index contributed by atoms with van der Waals surface area (Å²) in [7, 11) is 0. The van der Waals surface area contributed by atoms with Crippen LogP contribution in [0.2, 0.25) is 0 Å². The second-order valence-electron chi connectivity index (χ2n) is 5.63. The van der Waals surface area contributed by atoms with Crippen LogP contribution in [-0.2, 0) is 0 Å². The maximum absolute atomic E-state index is 13.0. The van der Waals surface area contributed by atoms with E-state index in [0.29, 0.717) is 11.1 Å². The standard InChI is InChI=1S/C19H11FN2O6/c20-14-5-1-12(2-6-14)19(23)13-3-8-16(9-4-13)28-18-10-7-15(21(24)25)11-17(18)22(26)27/h1-11H. The normalized spacial score (nSPS) is 10.3. The van der Waals surface area contributed by atoms with Crippen LogP contribution >= 0.6 is 0 Å². The van der Waals surface area contributed by atoms with Crippen LogP contribution < -0.4 is 4.74 Å². The Balaban J connectivity index is 1.83. The smallest absolute Gasteiger partial charge is 0.318 e. The molecule has 28 heavy (non-hydrogen) atoms. The molecule has 3 aromatic rings. The molecule has 0 unspecified atom stereocenters. The summed E-state index contributed by atoms with van der Waals surface area (Å²) in [4.78, 5) is 32.7. The number of nitrogens with zero attached hydrogens (tertiary/aromatic N) is 2. The predicted octanol–water partition coefficient (Wildman–Crippen LogP) is 4.67. The summed E-state index contributed by atoms with van der Waals surface area (Å²) in [6.07, 6.45) is 0. The molecule has 3 aromatic carbocycles. The minimum absolute atomic E-state index is 0.173. The quantitative estimate of drug-likeness (QED) is 0.348. The highest BCUT2D eigenvalue weighted by molar-refractivity contribution is 6.09. The highest BCUT2D eigenvalue weighted by Crippen LogP contribution is 2.34. The van der Waals surface area contributed by atoms with Gasteiger partial charge in [-0.3, -0.25) is 25.0 Å². The molecule has 0 aliphatic heterocycles. The lowest BCUT2D eigenvalue weighted by atomic mass is 10.0. The molecular weight excluding hydrogens is 371 g/mol. The first-order valence-electron chi connectivity index (χ1n) is 7.86. The summed E-state index contributed by atoms with van der Waals surface area (Å²) in [5, 5.41) is 21.9. The van der Waals surface area contributed by atoms with Gasteiger partial charge in [-0.1, -0.05) is 0 Å². The SMILES string of the molecule is O=C(c1ccc(F)cc1)c1ccc(Oc2ccc([N+](=O)[O-])cc2[N+](=O)[O-])cc1. The van der Waals surface area contributed by atoms with E-state index in [1.54, 1.807) is 0 Å². The van der Waals surface area contributed by atoms with E-state index in [1.807, 2.05) is 0 Å². The van der Waals surface area contributed by atoms with Crippen molar-refractivity contribution in [1.82, 2.24) is 0 Å². The maximum Gasteiger partial charge on any atom is 0.318 e. The Hall–Kier alpha value is -4.14. The molecule has 0 fully saturated rings. The van der Waals surface area contributed by atoms with Gasteiger partial charge in [-0.15, -0.1) is 0 Å². The average molecular weight is 382 g/mol. The molecule has 0 aromatic heterocycles. The summed E-state index contributed by atoms with van der Waals surface area (Å²) in [6, 6.07) is 13.9. The Kier molecular flexibility index (Phi) is 5.07. The van der Waals surface area contributed by atoms with E-state index in [2.05, 4.69) is 0 Å². The Morgan fingerprint density at radius 1 is 0.821 bits per heavy atom. The molecule has 8 nitrogen and oxygen atoms in total. The fourth-order valence-corrected chi connectivity index (χ4v) is 2.42. The average Bonchev–Trinajstić information content (AvgIpc) is 2.68. The van der Waals surface area contributed by atoms with Crippen molar-refractivity contribution < 1.29 is 23.8 Å². The summed E-state index contributed by atoms with van der Waals surface area (Å²) in [5.74, 6) is -0.751. The first-order chi connectivity index (χ1) is 13.3. The zero-order valence-electron chi connectivity index (χ0n) is 14.1. The van der Waals surface area contributed by atoms with Gasteiger partial charge in [0.1, 0.15) is 11.6 Å². The van der Waals surface area contributed by atoms with Crippen molar-refractivity contribution in [2.45, 2.75) is 0 Å². The van der Waals surface area contributed by atoms with Gasteiger partial charge in [0, 0.05) is 17.2 Å². The van der Waals surface area contributed by atoms with E-state index >= 15 is 0 Å². The number of carbonyl (C=O) groups is 1. The molecule has 0 heterocycles. The van der Waals surface area contributed by atoms with Crippen molar-refractivity contribution in [3.8, 4) is 11.5 Å². The van der Waals surface area contributed by atoms with Crippen LogP contribution in [0.1, 0.15) is 15.9 Å².